The lowest BCUT2D eigenvalue weighted by molar-refractivity contribution is -0.143. The van der Waals surface area contributed by atoms with E-state index in [1.807, 2.05) is 13.8 Å². The summed E-state index contributed by atoms with van der Waals surface area (Å²) in [5.41, 5.74) is 1.03. The molecule has 1 heterocycles. The number of guanidine groups is 1. The summed E-state index contributed by atoms with van der Waals surface area (Å²) in [5, 5.41) is 7.21. The summed E-state index contributed by atoms with van der Waals surface area (Å²) in [6.45, 7) is 4.61. The van der Waals surface area contributed by atoms with Crippen LogP contribution in [0.15, 0.2) is 4.99 Å². The zero-order valence-corrected chi connectivity index (χ0v) is 14.7. The highest BCUT2D eigenvalue weighted by Gasteiger charge is 2.28. The van der Waals surface area contributed by atoms with E-state index in [1.54, 1.807) is 18.4 Å². The van der Waals surface area contributed by atoms with Crippen LogP contribution < -0.4 is 10.6 Å². The maximum atomic E-state index is 12.2. The van der Waals surface area contributed by atoms with Gasteiger partial charge >= 0.3 is 6.18 Å². The molecule has 0 spiro atoms. The van der Waals surface area contributed by atoms with Crippen LogP contribution in [0.3, 0.4) is 0 Å². The lowest BCUT2D eigenvalue weighted by Gasteiger charge is -2.18. The summed E-state index contributed by atoms with van der Waals surface area (Å²) < 4.78 is 36.6. The molecular weight excluding hydrogens is 327 g/mol. The molecule has 0 aliphatic rings. The third-order valence-electron chi connectivity index (χ3n) is 3.16. The number of rotatable bonds is 7. The van der Waals surface area contributed by atoms with Gasteiger partial charge in [0.25, 0.3) is 0 Å². The standard InChI is InChI=1S/C14H24F3N5S/c1-10-11(2)23-12(21-10)8-20-13(18-3)19-6-5-7-22(4)9-14(15,16)17/h5-9H2,1-4H3,(H2,18,19,20). The van der Waals surface area contributed by atoms with Crippen LogP contribution in [-0.4, -0.2) is 55.7 Å². The monoisotopic (exact) mass is 351 g/mol. The summed E-state index contributed by atoms with van der Waals surface area (Å²) in [4.78, 5) is 11.0. The first kappa shape index (κ1) is 19.7. The fraction of sp³-hybridized carbons (Fsp3) is 0.714. The maximum Gasteiger partial charge on any atom is 0.401 e. The number of aliphatic imine (C=N–C) groups is 1. The molecule has 0 aliphatic heterocycles. The van der Waals surface area contributed by atoms with E-state index in [0.717, 1.165) is 10.7 Å². The third-order valence-corrected chi connectivity index (χ3v) is 4.23. The summed E-state index contributed by atoms with van der Waals surface area (Å²) >= 11 is 1.63. The normalized spacial score (nSPS) is 12.8. The highest BCUT2D eigenvalue weighted by molar-refractivity contribution is 7.11. The van der Waals surface area contributed by atoms with Gasteiger partial charge in [-0.3, -0.25) is 9.89 Å². The molecule has 0 bridgehead atoms. The van der Waals surface area contributed by atoms with Crippen LogP contribution in [-0.2, 0) is 6.54 Å². The van der Waals surface area contributed by atoms with Gasteiger partial charge in [0.05, 0.1) is 18.8 Å². The van der Waals surface area contributed by atoms with Crippen molar-refractivity contribution < 1.29 is 13.2 Å². The molecule has 0 saturated carbocycles. The molecule has 5 nitrogen and oxygen atoms in total. The molecule has 1 aromatic heterocycles. The molecule has 2 N–H and O–H groups in total. The van der Waals surface area contributed by atoms with Crippen molar-refractivity contribution in [3.63, 3.8) is 0 Å². The molecule has 1 rings (SSSR count). The van der Waals surface area contributed by atoms with Crippen molar-refractivity contribution >= 4 is 17.3 Å². The number of nitrogens with one attached hydrogen (secondary N) is 2. The van der Waals surface area contributed by atoms with Crippen molar-refractivity contribution in [3.8, 4) is 0 Å². The number of aryl methyl sites for hydroxylation is 2. The first-order chi connectivity index (χ1) is 10.7. The molecule has 0 saturated heterocycles. The Morgan fingerprint density at radius 1 is 1.30 bits per heavy atom. The quantitative estimate of drug-likeness (QED) is 0.450. The number of halogens is 3. The van der Waals surface area contributed by atoms with E-state index in [2.05, 4.69) is 20.6 Å². The fourth-order valence-corrected chi connectivity index (χ4v) is 2.81. The Bertz CT molecular complexity index is 494. The minimum atomic E-state index is -4.15. The Balaban J connectivity index is 2.24. The second kappa shape index (κ2) is 9.07. The fourth-order valence-electron chi connectivity index (χ4n) is 1.94. The number of hydrogen-bond acceptors (Lipinski definition) is 4. The highest BCUT2D eigenvalue weighted by atomic mass is 32.1. The van der Waals surface area contributed by atoms with E-state index in [4.69, 9.17) is 0 Å². The van der Waals surface area contributed by atoms with E-state index in [1.165, 1.54) is 16.8 Å². The number of hydrogen-bond donors (Lipinski definition) is 2. The lowest BCUT2D eigenvalue weighted by Crippen LogP contribution is -2.39. The van der Waals surface area contributed by atoms with Crippen LogP contribution in [0.5, 0.6) is 0 Å². The molecule has 0 atom stereocenters. The van der Waals surface area contributed by atoms with Gasteiger partial charge in [0.15, 0.2) is 5.96 Å². The van der Waals surface area contributed by atoms with Crippen LogP contribution in [0.2, 0.25) is 0 Å². The van der Waals surface area contributed by atoms with E-state index in [-0.39, 0.29) is 0 Å². The average molecular weight is 351 g/mol. The molecule has 9 heteroatoms. The summed E-state index contributed by atoms with van der Waals surface area (Å²) in [6, 6.07) is 0. The minimum Gasteiger partial charge on any atom is -0.356 e. The SMILES string of the molecule is CN=C(NCCCN(C)CC(F)(F)F)NCc1nc(C)c(C)s1. The first-order valence-corrected chi connectivity index (χ1v) is 8.15. The van der Waals surface area contributed by atoms with Gasteiger partial charge in [0.2, 0.25) is 0 Å². The Hall–Kier alpha value is -1.35. The van der Waals surface area contributed by atoms with Crippen molar-refractivity contribution in [3.05, 3.63) is 15.6 Å². The molecule has 0 amide bonds. The molecule has 0 aromatic carbocycles. The van der Waals surface area contributed by atoms with Gasteiger partial charge in [0, 0.05) is 18.5 Å². The number of alkyl halides is 3. The molecule has 1 aromatic rings. The molecule has 132 valence electrons. The Labute approximate surface area is 139 Å². The van der Waals surface area contributed by atoms with Gasteiger partial charge in [-0.1, -0.05) is 0 Å². The number of nitrogens with zero attached hydrogens (tertiary/aromatic N) is 3. The maximum absolute atomic E-state index is 12.2. The van der Waals surface area contributed by atoms with Crippen molar-refractivity contribution in [1.29, 1.82) is 0 Å². The molecular formula is C14H24F3N5S. The zero-order valence-electron chi connectivity index (χ0n) is 13.9. The third kappa shape index (κ3) is 8.17. The van der Waals surface area contributed by atoms with Crippen LogP contribution in [0, 0.1) is 13.8 Å². The average Bonchev–Trinajstić information content (AvgIpc) is 2.75. The van der Waals surface area contributed by atoms with E-state index < -0.39 is 12.7 Å². The molecule has 0 radical (unpaired) electrons. The molecule has 23 heavy (non-hydrogen) atoms. The van der Waals surface area contributed by atoms with Crippen LogP contribution >= 0.6 is 11.3 Å². The second-order valence-electron chi connectivity index (χ2n) is 5.31. The lowest BCUT2D eigenvalue weighted by atomic mass is 10.4. The summed E-state index contributed by atoms with van der Waals surface area (Å²) in [7, 11) is 3.12. The van der Waals surface area contributed by atoms with Crippen molar-refractivity contribution in [1.82, 2.24) is 20.5 Å². The largest absolute Gasteiger partial charge is 0.401 e. The zero-order chi connectivity index (χ0) is 17.5. The second-order valence-corrected chi connectivity index (χ2v) is 6.60. The number of aromatic nitrogens is 1. The molecule has 0 aliphatic carbocycles. The highest BCUT2D eigenvalue weighted by Crippen LogP contribution is 2.16. The van der Waals surface area contributed by atoms with Crippen LogP contribution in [0.25, 0.3) is 0 Å². The predicted molar refractivity (Wildman–Crippen MR) is 88.0 cm³/mol. The van der Waals surface area contributed by atoms with E-state index >= 15 is 0 Å². The Morgan fingerprint density at radius 2 is 2.00 bits per heavy atom. The molecule has 0 unspecified atom stereocenters. The van der Waals surface area contributed by atoms with E-state index in [9.17, 15) is 13.2 Å². The van der Waals surface area contributed by atoms with Crippen LogP contribution in [0.1, 0.15) is 22.0 Å². The summed E-state index contributed by atoms with van der Waals surface area (Å²) in [6.07, 6.45) is -3.55. The first-order valence-electron chi connectivity index (χ1n) is 7.34. The van der Waals surface area contributed by atoms with Gasteiger partial charge in [-0.05, 0) is 33.9 Å². The van der Waals surface area contributed by atoms with Gasteiger partial charge in [-0.2, -0.15) is 13.2 Å². The number of thiazole rings is 1. The molecule has 0 fully saturated rings. The van der Waals surface area contributed by atoms with Crippen molar-refractivity contribution in [2.24, 2.45) is 4.99 Å². The van der Waals surface area contributed by atoms with Gasteiger partial charge in [-0.25, -0.2) is 4.98 Å². The Morgan fingerprint density at radius 3 is 2.52 bits per heavy atom. The van der Waals surface area contributed by atoms with Gasteiger partial charge in [-0.15, -0.1) is 11.3 Å². The van der Waals surface area contributed by atoms with Crippen molar-refractivity contribution in [2.45, 2.75) is 33.0 Å². The van der Waals surface area contributed by atoms with E-state index in [0.29, 0.717) is 32.0 Å². The minimum absolute atomic E-state index is 0.369. The van der Waals surface area contributed by atoms with Gasteiger partial charge < -0.3 is 10.6 Å². The predicted octanol–water partition coefficient (Wildman–Crippen LogP) is 2.31. The summed E-state index contributed by atoms with van der Waals surface area (Å²) in [5.74, 6) is 0.619. The topological polar surface area (TPSA) is 52.6 Å². The van der Waals surface area contributed by atoms with Crippen molar-refractivity contribution in [2.75, 3.05) is 33.7 Å². The van der Waals surface area contributed by atoms with Crippen LogP contribution in [0.4, 0.5) is 13.2 Å². The Kier molecular flexibility index (Phi) is 7.77. The smallest absolute Gasteiger partial charge is 0.356 e. The van der Waals surface area contributed by atoms with Gasteiger partial charge in [0.1, 0.15) is 5.01 Å².